The van der Waals surface area contributed by atoms with E-state index in [1.54, 1.807) is 12.4 Å². The van der Waals surface area contributed by atoms with Crippen LogP contribution in [-0.4, -0.2) is 10.8 Å². The Morgan fingerprint density at radius 3 is 2.74 bits per heavy atom. The predicted octanol–water partition coefficient (Wildman–Crippen LogP) is 5.05. The van der Waals surface area contributed by atoms with Gasteiger partial charge in [0.15, 0.2) is 5.78 Å². The van der Waals surface area contributed by atoms with Gasteiger partial charge in [-0.1, -0.05) is 18.2 Å². The molecule has 0 spiro atoms. The molecule has 0 atom stereocenters. The maximum absolute atomic E-state index is 12.6. The third-order valence-electron chi connectivity index (χ3n) is 2.83. The summed E-state index contributed by atoms with van der Waals surface area (Å²) in [6, 6.07) is 9.40. The molecule has 0 aliphatic heterocycles. The highest BCUT2D eigenvalue weighted by Crippen LogP contribution is 2.34. The molecular weight excluding hydrogens is 390 g/mol. The van der Waals surface area contributed by atoms with Crippen LogP contribution in [-0.2, 0) is 0 Å². The number of aromatic nitrogens is 1. The molecule has 3 aromatic rings. The van der Waals surface area contributed by atoms with E-state index in [4.69, 9.17) is 0 Å². The van der Waals surface area contributed by atoms with E-state index in [0.717, 1.165) is 18.3 Å². The number of fused-ring (bicyclic) bond motifs is 1. The average Bonchev–Trinajstić information content (AvgIpc) is 2.76. The highest BCUT2D eigenvalue weighted by Gasteiger charge is 2.17. The third kappa shape index (κ3) is 2.38. The van der Waals surface area contributed by atoms with Crippen molar-refractivity contribution in [2.75, 3.05) is 0 Å². The number of carbonyl (C=O) groups is 1. The van der Waals surface area contributed by atoms with Gasteiger partial charge in [0.25, 0.3) is 0 Å². The maximum atomic E-state index is 12.6. The van der Waals surface area contributed by atoms with Crippen LogP contribution in [0.25, 0.3) is 10.8 Å². The summed E-state index contributed by atoms with van der Waals surface area (Å²) < 4.78 is 1.78. The summed E-state index contributed by atoms with van der Waals surface area (Å²) >= 11 is 8.33. The molecule has 0 saturated carbocycles. The van der Waals surface area contributed by atoms with Gasteiger partial charge in [-0.05, 0) is 49.4 Å². The molecule has 1 aromatic carbocycles. The van der Waals surface area contributed by atoms with E-state index in [2.05, 4.69) is 36.8 Å². The first-order chi connectivity index (χ1) is 9.16. The number of halogens is 2. The van der Waals surface area contributed by atoms with E-state index >= 15 is 0 Å². The molecular formula is C14H7Br2NOS. The molecule has 5 heteroatoms. The van der Waals surface area contributed by atoms with E-state index in [0.29, 0.717) is 11.1 Å². The van der Waals surface area contributed by atoms with Gasteiger partial charge in [-0.3, -0.25) is 9.78 Å². The van der Waals surface area contributed by atoms with Crippen molar-refractivity contribution < 1.29 is 4.79 Å². The Morgan fingerprint density at radius 1 is 1.16 bits per heavy atom. The first kappa shape index (κ1) is 13.0. The standard InChI is InChI=1S/C14H7Br2NOS/c15-12-6-11(14(16)19-12)13(18)10-3-1-2-8-7-17-5-4-9(8)10/h1-7H. The quantitative estimate of drug-likeness (QED) is 0.567. The van der Waals surface area contributed by atoms with Gasteiger partial charge in [-0.25, -0.2) is 0 Å². The molecule has 19 heavy (non-hydrogen) atoms. The topological polar surface area (TPSA) is 30.0 Å². The SMILES string of the molecule is O=C(c1cc(Br)sc1Br)c1cccc2cnccc12. The lowest BCUT2D eigenvalue weighted by molar-refractivity contribution is 0.104. The van der Waals surface area contributed by atoms with Crippen molar-refractivity contribution in [1.82, 2.24) is 4.98 Å². The van der Waals surface area contributed by atoms with Gasteiger partial charge in [0.05, 0.1) is 7.57 Å². The second-order valence-electron chi connectivity index (χ2n) is 3.97. The smallest absolute Gasteiger partial charge is 0.195 e. The van der Waals surface area contributed by atoms with Crippen molar-refractivity contribution in [2.45, 2.75) is 0 Å². The summed E-state index contributed by atoms with van der Waals surface area (Å²) in [5.41, 5.74) is 1.38. The second-order valence-corrected chi connectivity index (χ2v) is 7.72. The minimum atomic E-state index is 0.0191. The first-order valence-corrected chi connectivity index (χ1v) is 7.89. The zero-order chi connectivity index (χ0) is 13.4. The normalized spacial score (nSPS) is 10.8. The summed E-state index contributed by atoms with van der Waals surface area (Å²) in [6.07, 6.45) is 3.47. The Balaban J connectivity index is 2.19. The molecule has 0 unspecified atom stereocenters. The van der Waals surface area contributed by atoms with Crippen LogP contribution in [0.15, 0.2) is 50.3 Å². The Morgan fingerprint density at radius 2 is 2.00 bits per heavy atom. The number of ketones is 1. The lowest BCUT2D eigenvalue weighted by Crippen LogP contribution is -2.01. The van der Waals surface area contributed by atoms with Crippen LogP contribution >= 0.6 is 43.2 Å². The molecule has 2 aromatic heterocycles. The summed E-state index contributed by atoms with van der Waals surface area (Å²) in [6.45, 7) is 0. The zero-order valence-electron chi connectivity index (χ0n) is 9.56. The largest absolute Gasteiger partial charge is 0.289 e. The molecule has 0 fully saturated rings. The van der Waals surface area contributed by atoms with Crippen LogP contribution in [0.3, 0.4) is 0 Å². The van der Waals surface area contributed by atoms with Crippen LogP contribution in [0.4, 0.5) is 0 Å². The Kier molecular flexibility index (Phi) is 3.52. The van der Waals surface area contributed by atoms with Gasteiger partial charge < -0.3 is 0 Å². The van der Waals surface area contributed by atoms with Crippen molar-refractivity contribution in [3.8, 4) is 0 Å². The van der Waals surface area contributed by atoms with Crippen molar-refractivity contribution in [3.05, 3.63) is 61.4 Å². The molecule has 0 aliphatic carbocycles. The monoisotopic (exact) mass is 395 g/mol. The molecule has 2 heterocycles. The number of hydrogen-bond donors (Lipinski definition) is 0. The van der Waals surface area contributed by atoms with Gasteiger partial charge in [0, 0.05) is 28.9 Å². The maximum Gasteiger partial charge on any atom is 0.195 e. The lowest BCUT2D eigenvalue weighted by Gasteiger charge is -2.04. The van der Waals surface area contributed by atoms with Crippen molar-refractivity contribution >= 4 is 59.8 Å². The van der Waals surface area contributed by atoms with Crippen molar-refractivity contribution in [3.63, 3.8) is 0 Å². The fraction of sp³-hybridized carbons (Fsp3) is 0. The number of rotatable bonds is 2. The van der Waals surface area contributed by atoms with Crippen LogP contribution in [0.1, 0.15) is 15.9 Å². The number of pyridine rings is 1. The molecule has 0 bridgehead atoms. The van der Waals surface area contributed by atoms with E-state index in [1.165, 1.54) is 11.3 Å². The summed E-state index contributed by atoms with van der Waals surface area (Å²) in [5, 5.41) is 1.90. The van der Waals surface area contributed by atoms with Crippen molar-refractivity contribution in [1.29, 1.82) is 0 Å². The van der Waals surface area contributed by atoms with Gasteiger partial charge in [0.1, 0.15) is 0 Å². The minimum absolute atomic E-state index is 0.0191. The van der Waals surface area contributed by atoms with Gasteiger partial charge >= 0.3 is 0 Å². The number of benzene rings is 1. The fourth-order valence-corrected chi connectivity index (χ4v) is 4.75. The first-order valence-electron chi connectivity index (χ1n) is 5.49. The van der Waals surface area contributed by atoms with E-state index < -0.39 is 0 Å². The lowest BCUT2D eigenvalue weighted by atomic mass is 10.00. The van der Waals surface area contributed by atoms with Crippen LogP contribution in [0.2, 0.25) is 0 Å². The number of hydrogen-bond acceptors (Lipinski definition) is 3. The van der Waals surface area contributed by atoms with Gasteiger partial charge in [-0.2, -0.15) is 0 Å². The highest BCUT2D eigenvalue weighted by molar-refractivity contribution is 9.12. The zero-order valence-corrected chi connectivity index (χ0v) is 13.5. The third-order valence-corrected chi connectivity index (χ3v) is 5.17. The number of nitrogens with zero attached hydrogens (tertiary/aromatic N) is 1. The molecule has 0 amide bonds. The highest BCUT2D eigenvalue weighted by atomic mass is 79.9. The van der Waals surface area contributed by atoms with E-state index in [1.807, 2.05) is 30.3 Å². The minimum Gasteiger partial charge on any atom is -0.289 e. The Labute approximate surface area is 130 Å². The van der Waals surface area contributed by atoms with Gasteiger partial charge in [0.2, 0.25) is 0 Å². The van der Waals surface area contributed by atoms with Crippen LogP contribution < -0.4 is 0 Å². The summed E-state index contributed by atoms with van der Waals surface area (Å²) in [7, 11) is 0. The van der Waals surface area contributed by atoms with Crippen LogP contribution in [0, 0.1) is 0 Å². The molecule has 2 nitrogen and oxygen atoms in total. The molecule has 0 radical (unpaired) electrons. The number of thiophene rings is 1. The Bertz CT molecular complexity index is 777. The predicted molar refractivity (Wildman–Crippen MR) is 84.9 cm³/mol. The second kappa shape index (κ2) is 5.15. The molecule has 0 saturated heterocycles. The molecule has 0 N–H and O–H groups in total. The molecule has 3 rings (SSSR count). The average molecular weight is 397 g/mol. The van der Waals surface area contributed by atoms with Crippen LogP contribution in [0.5, 0.6) is 0 Å². The summed E-state index contributed by atoms with van der Waals surface area (Å²) in [4.78, 5) is 16.7. The van der Waals surface area contributed by atoms with E-state index in [-0.39, 0.29) is 5.78 Å². The number of carbonyl (C=O) groups excluding carboxylic acids is 1. The van der Waals surface area contributed by atoms with Crippen molar-refractivity contribution in [2.24, 2.45) is 0 Å². The summed E-state index contributed by atoms with van der Waals surface area (Å²) in [5.74, 6) is 0.0191. The van der Waals surface area contributed by atoms with Gasteiger partial charge in [-0.15, -0.1) is 11.3 Å². The fourth-order valence-electron chi connectivity index (χ4n) is 1.96. The molecule has 94 valence electrons. The Hall–Kier alpha value is -1.04. The van der Waals surface area contributed by atoms with E-state index in [9.17, 15) is 4.79 Å². The molecule has 0 aliphatic rings.